The summed E-state index contributed by atoms with van der Waals surface area (Å²) in [6, 6.07) is 0. The molecule has 0 unspecified atom stereocenters. The van der Waals surface area contributed by atoms with Gasteiger partial charge in [-0.15, -0.1) is 0 Å². The van der Waals surface area contributed by atoms with Crippen molar-refractivity contribution in [2.75, 3.05) is 5.75 Å². The summed E-state index contributed by atoms with van der Waals surface area (Å²) in [6.45, 7) is 0. The van der Waals surface area contributed by atoms with E-state index in [1.807, 2.05) is 0 Å². The monoisotopic (exact) mass is 215 g/mol. The summed E-state index contributed by atoms with van der Waals surface area (Å²) >= 11 is 1.56. The number of hydrogen-bond acceptors (Lipinski definition) is 4. The molecule has 1 heterocycles. The van der Waals surface area contributed by atoms with Crippen molar-refractivity contribution in [3.05, 3.63) is 12.5 Å². The van der Waals surface area contributed by atoms with Crippen LogP contribution in [0.3, 0.4) is 0 Å². The van der Waals surface area contributed by atoms with Gasteiger partial charge in [0.25, 0.3) is 5.22 Å². The maximum Gasteiger partial charge on any atom is 0.303 e. The first-order chi connectivity index (χ1) is 6.79. The van der Waals surface area contributed by atoms with Crippen molar-refractivity contribution in [2.24, 2.45) is 0 Å². The molecule has 0 saturated carbocycles. The fourth-order valence-electron chi connectivity index (χ4n) is 0.996. The van der Waals surface area contributed by atoms with Crippen LogP contribution in [0, 0.1) is 0 Å². The Hall–Kier alpha value is -0.970. The second-order valence-corrected chi connectivity index (χ2v) is 3.90. The van der Waals surface area contributed by atoms with Crippen LogP contribution in [-0.2, 0) is 4.79 Å². The van der Waals surface area contributed by atoms with Crippen molar-refractivity contribution in [1.82, 2.24) is 4.98 Å². The Morgan fingerprint density at radius 2 is 2.36 bits per heavy atom. The van der Waals surface area contributed by atoms with Gasteiger partial charge in [0.2, 0.25) is 0 Å². The third kappa shape index (κ3) is 4.91. The zero-order valence-electron chi connectivity index (χ0n) is 7.81. The van der Waals surface area contributed by atoms with E-state index in [1.54, 1.807) is 24.2 Å². The Bertz CT molecular complexity index is 261. The molecule has 4 nitrogen and oxygen atoms in total. The molecule has 0 aliphatic rings. The lowest BCUT2D eigenvalue weighted by atomic mass is 10.2. The molecular weight excluding hydrogens is 202 g/mol. The molecule has 0 atom stereocenters. The molecule has 1 aromatic rings. The molecule has 0 amide bonds. The Morgan fingerprint density at radius 3 is 3.00 bits per heavy atom. The minimum absolute atomic E-state index is 0.268. The van der Waals surface area contributed by atoms with Gasteiger partial charge < -0.3 is 9.52 Å². The Balaban J connectivity index is 1.92. The molecule has 0 aromatic carbocycles. The van der Waals surface area contributed by atoms with Crippen molar-refractivity contribution in [1.29, 1.82) is 0 Å². The zero-order valence-corrected chi connectivity index (χ0v) is 8.63. The van der Waals surface area contributed by atoms with Gasteiger partial charge in [-0.3, -0.25) is 4.79 Å². The molecule has 0 radical (unpaired) electrons. The summed E-state index contributed by atoms with van der Waals surface area (Å²) in [5.74, 6) is 0.213. The zero-order chi connectivity index (χ0) is 10.2. The average molecular weight is 215 g/mol. The van der Waals surface area contributed by atoms with Crippen LogP contribution in [0.2, 0.25) is 0 Å². The Labute approximate surface area is 86.7 Å². The summed E-state index contributed by atoms with van der Waals surface area (Å²) in [5, 5.41) is 9.07. The lowest BCUT2D eigenvalue weighted by Crippen LogP contribution is -1.93. The summed E-state index contributed by atoms with van der Waals surface area (Å²) in [4.78, 5) is 14.2. The maximum absolute atomic E-state index is 10.2. The minimum atomic E-state index is -0.717. The van der Waals surface area contributed by atoms with Crippen LogP contribution in [0.1, 0.15) is 25.7 Å². The lowest BCUT2D eigenvalue weighted by molar-refractivity contribution is -0.137. The molecule has 0 saturated heterocycles. The molecule has 1 N–H and O–H groups in total. The van der Waals surface area contributed by atoms with E-state index in [9.17, 15) is 4.79 Å². The van der Waals surface area contributed by atoms with Crippen LogP contribution in [0.15, 0.2) is 22.1 Å². The number of aromatic nitrogens is 1. The standard InChI is InChI=1S/C9H13NO3S/c11-8(12)4-2-1-3-7-14-9-10-5-6-13-9/h5-6H,1-4,7H2,(H,11,12). The average Bonchev–Trinajstić information content (AvgIpc) is 2.63. The van der Waals surface area contributed by atoms with Gasteiger partial charge in [0, 0.05) is 12.2 Å². The van der Waals surface area contributed by atoms with Gasteiger partial charge in [0.1, 0.15) is 6.26 Å². The molecule has 1 rings (SSSR count). The molecule has 0 aliphatic carbocycles. The van der Waals surface area contributed by atoms with Gasteiger partial charge in [-0.2, -0.15) is 0 Å². The number of hydrogen-bond donors (Lipinski definition) is 1. The van der Waals surface area contributed by atoms with E-state index in [2.05, 4.69) is 4.98 Å². The van der Waals surface area contributed by atoms with E-state index < -0.39 is 5.97 Å². The van der Waals surface area contributed by atoms with Crippen LogP contribution in [0.5, 0.6) is 0 Å². The third-order valence-electron chi connectivity index (χ3n) is 1.67. The van der Waals surface area contributed by atoms with Crippen molar-refractivity contribution in [2.45, 2.75) is 30.9 Å². The molecule has 5 heteroatoms. The normalized spacial score (nSPS) is 10.3. The highest BCUT2D eigenvalue weighted by Gasteiger charge is 1.99. The quantitative estimate of drug-likeness (QED) is 0.559. The van der Waals surface area contributed by atoms with Gasteiger partial charge in [-0.1, -0.05) is 18.2 Å². The molecule has 1 aromatic heterocycles. The van der Waals surface area contributed by atoms with Crippen molar-refractivity contribution in [3.63, 3.8) is 0 Å². The second kappa shape index (κ2) is 6.48. The highest BCUT2D eigenvalue weighted by molar-refractivity contribution is 7.99. The van der Waals surface area contributed by atoms with E-state index in [1.165, 1.54) is 0 Å². The smallest absolute Gasteiger partial charge is 0.303 e. The topological polar surface area (TPSA) is 63.3 Å². The number of unbranched alkanes of at least 4 members (excludes halogenated alkanes) is 2. The number of nitrogens with zero attached hydrogens (tertiary/aromatic N) is 1. The lowest BCUT2D eigenvalue weighted by Gasteiger charge is -1.96. The molecule has 14 heavy (non-hydrogen) atoms. The molecule has 0 aliphatic heterocycles. The number of carbonyl (C=O) groups is 1. The van der Waals surface area contributed by atoms with Crippen LogP contribution < -0.4 is 0 Å². The highest BCUT2D eigenvalue weighted by Crippen LogP contribution is 2.16. The molecule has 78 valence electrons. The summed E-state index contributed by atoms with van der Waals surface area (Å²) in [5.41, 5.74) is 0. The molecule has 0 bridgehead atoms. The third-order valence-corrected chi connectivity index (χ3v) is 2.61. The Kier molecular flexibility index (Phi) is 5.14. The minimum Gasteiger partial charge on any atom is -0.481 e. The van der Waals surface area contributed by atoms with Crippen LogP contribution in [-0.4, -0.2) is 21.8 Å². The van der Waals surface area contributed by atoms with E-state index in [-0.39, 0.29) is 6.42 Å². The van der Waals surface area contributed by atoms with Gasteiger partial charge in [-0.25, -0.2) is 4.98 Å². The first kappa shape index (κ1) is 11.1. The predicted octanol–water partition coefficient (Wildman–Crippen LogP) is 2.41. The van der Waals surface area contributed by atoms with Crippen molar-refractivity contribution >= 4 is 17.7 Å². The SMILES string of the molecule is O=C(O)CCCCCSc1ncco1. The predicted molar refractivity (Wildman–Crippen MR) is 53.3 cm³/mol. The summed E-state index contributed by atoms with van der Waals surface area (Å²) in [7, 11) is 0. The fraction of sp³-hybridized carbons (Fsp3) is 0.556. The highest BCUT2D eigenvalue weighted by atomic mass is 32.2. The second-order valence-electron chi connectivity index (χ2n) is 2.85. The molecule has 0 spiro atoms. The number of aliphatic carboxylic acids is 1. The van der Waals surface area contributed by atoms with Crippen LogP contribution in [0.4, 0.5) is 0 Å². The molecule has 0 fully saturated rings. The first-order valence-electron chi connectivity index (χ1n) is 4.53. The van der Waals surface area contributed by atoms with Gasteiger partial charge in [-0.05, 0) is 12.8 Å². The summed E-state index contributed by atoms with van der Waals surface area (Å²) < 4.78 is 5.04. The van der Waals surface area contributed by atoms with E-state index in [4.69, 9.17) is 9.52 Å². The number of carboxylic acids is 1. The number of thioether (sulfide) groups is 1. The van der Waals surface area contributed by atoms with E-state index in [0.717, 1.165) is 25.0 Å². The van der Waals surface area contributed by atoms with Crippen molar-refractivity contribution in [3.8, 4) is 0 Å². The van der Waals surface area contributed by atoms with Gasteiger partial charge in [0.05, 0.1) is 6.20 Å². The number of rotatable bonds is 7. The van der Waals surface area contributed by atoms with Crippen LogP contribution in [0.25, 0.3) is 0 Å². The van der Waals surface area contributed by atoms with Crippen molar-refractivity contribution < 1.29 is 14.3 Å². The number of carboxylic acid groups (broad SMARTS) is 1. The van der Waals surface area contributed by atoms with Crippen LogP contribution >= 0.6 is 11.8 Å². The van der Waals surface area contributed by atoms with Gasteiger partial charge >= 0.3 is 5.97 Å². The molecular formula is C9H13NO3S. The Morgan fingerprint density at radius 1 is 1.50 bits per heavy atom. The maximum atomic E-state index is 10.2. The van der Waals surface area contributed by atoms with E-state index >= 15 is 0 Å². The first-order valence-corrected chi connectivity index (χ1v) is 5.51. The number of oxazole rings is 1. The largest absolute Gasteiger partial charge is 0.481 e. The van der Waals surface area contributed by atoms with E-state index in [0.29, 0.717) is 5.22 Å². The fourth-order valence-corrected chi connectivity index (χ4v) is 1.78. The summed E-state index contributed by atoms with van der Waals surface area (Å²) in [6.07, 6.45) is 6.13. The van der Waals surface area contributed by atoms with Gasteiger partial charge in [0.15, 0.2) is 0 Å².